The van der Waals surface area contributed by atoms with Gasteiger partial charge in [-0.25, -0.2) is 0 Å². The maximum absolute atomic E-state index is 11.8. The Balaban J connectivity index is 2.32. The van der Waals surface area contributed by atoms with Gasteiger partial charge in [0.2, 0.25) is 0 Å². The molecule has 0 aliphatic heterocycles. The highest BCUT2D eigenvalue weighted by Crippen LogP contribution is 2.15. The number of nitrogens with one attached hydrogen (secondary N) is 1. The Bertz CT molecular complexity index is 471. The molecule has 0 unspecified atom stereocenters. The Morgan fingerprint density at radius 3 is 3.00 bits per heavy atom. The van der Waals surface area contributed by atoms with Gasteiger partial charge in [-0.3, -0.25) is 4.79 Å². The second kappa shape index (κ2) is 9.54. The minimum absolute atomic E-state index is 0.0576. The summed E-state index contributed by atoms with van der Waals surface area (Å²) in [6.45, 7) is 5.97. The quantitative estimate of drug-likeness (QED) is 0.596. The summed E-state index contributed by atoms with van der Waals surface area (Å²) in [5, 5.41) is 11.4. The largest absolute Gasteiger partial charge is 0.395 e. The average Bonchev–Trinajstić information content (AvgIpc) is 2.87. The summed E-state index contributed by atoms with van der Waals surface area (Å²) in [4.78, 5) is 13.3. The van der Waals surface area contributed by atoms with Gasteiger partial charge in [0, 0.05) is 19.6 Å². The summed E-state index contributed by atoms with van der Waals surface area (Å²) in [6.07, 6.45) is 0.451. The van der Waals surface area contributed by atoms with Gasteiger partial charge in [-0.2, -0.15) is 0 Å². The lowest BCUT2D eigenvalue weighted by Gasteiger charge is -2.07. The highest BCUT2D eigenvalue weighted by molar-refractivity contribution is 7.14. The number of amides is 1. The molecule has 20 heavy (non-hydrogen) atoms. The molecule has 4 nitrogen and oxygen atoms in total. The smallest absolute Gasteiger partial charge is 0.261 e. The van der Waals surface area contributed by atoms with E-state index in [0.29, 0.717) is 37.0 Å². The number of rotatable bonds is 7. The Hall–Kier alpha value is -1.35. The lowest BCUT2D eigenvalue weighted by Crippen LogP contribution is -2.26. The normalized spacial score (nSPS) is 10.2. The molecule has 1 amide bonds. The number of aliphatic hydroxyl groups is 1. The summed E-state index contributed by atoms with van der Waals surface area (Å²) in [5.41, 5.74) is 0. The number of ether oxygens (including phenoxy) is 1. The molecule has 1 heterocycles. The molecule has 0 radical (unpaired) electrons. The third kappa shape index (κ3) is 6.71. The van der Waals surface area contributed by atoms with Crippen LogP contribution >= 0.6 is 11.3 Å². The molecule has 0 bridgehead atoms. The van der Waals surface area contributed by atoms with Crippen LogP contribution in [0.25, 0.3) is 0 Å². The Morgan fingerprint density at radius 2 is 2.30 bits per heavy atom. The van der Waals surface area contributed by atoms with Crippen molar-refractivity contribution in [3.05, 3.63) is 21.9 Å². The fourth-order valence-corrected chi connectivity index (χ4v) is 2.17. The fraction of sp³-hybridized carbons (Fsp3) is 0.533. The van der Waals surface area contributed by atoms with Gasteiger partial charge in [0.15, 0.2) is 0 Å². The molecule has 0 saturated carbocycles. The second-order valence-corrected chi connectivity index (χ2v) is 5.75. The van der Waals surface area contributed by atoms with Gasteiger partial charge in [0.05, 0.1) is 23.0 Å². The number of hydrogen-bond acceptors (Lipinski definition) is 4. The van der Waals surface area contributed by atoms with Crippen LogP contribution in [-0.4, -0.2) is 37.4 Å². The van der Waals surface area contributed by atoms with E-state index in [1.807, 2.05) is 6.07 Å². The third-order valence-corrected chi connectivity index (χ3v) is 3.26. The van der Waals surface area contributed by atoms with E-state index in [2.05, 4.69) is 31.0 Å². The SMILES string of the molecule is CC(C)COCCNC(=O)c1ccc(C#CCCO)s1. The highest BCUT2D eigenvalue weighted by atomic mass is 32.1. The molecule has 0 atom stereocenters. The molecule has 110 valence electrons. The van der Waals surface area contributed by atoms with Crippen molar-refractivity contribution in [1.82, 2.24) is 5.32 Å². The van der Waals surface area contributed by atoms with Crippen molar-refractivity contribution in [3.8, 4) is 11.8 Å². The van der Waals surface area contributed by atoms with Gasteiger partial charge in [0.25, 0.3) is 5.91 Å². The summed E-state index contributed by atoms with van der Waals surface area (Å²) in [6, 6.07) is 3.58. The van der Waals surface area contributed by atoms with Crippen LogP contribution in [0.4, 0.5) is 0 Å². The monoisotopic (exact) mass is 295 g/mol. The van der Waals surface area contributed by atoms with Gasteiger partial charge in [-0.15, -0.1) is 11.3 Å². The van der Waals surface area contributed by atoms with E-state index in [9.17, 15) is 4.79 Å². The number of hydrogen-bond donors (Lipinski definition) is 2. The molecule has 0 fully saturated rings. The molecule has 2 N–H and O–H groups in total. The standard InChI is InChI=1S/C15H21NO3S/c1-12(2)11-19-10-8-16-15(18)14-7-6-13(20-14)5-3-4-9-17/h6-7,12,17H,4,8-11H2,1-2H3,(H,16,18). The molecule has 0 aliphatic rings. The lowest BCUT2D eigenvalue weighted by atomic mass is 10.2. The molecule has 0 aromatic carbocycles. The van der Waals surface area contributed by atoms with Crippen molar-refractivity contribution in [2.75, 3.05) is 26.4 Å². The maximum Gasteiger partial charge on any atom is 0.261 e. The van der Waals surface area contributed by atoms with Crippen LogP contribution in [0.1, 0.15) is 34.8 Å². The van der Waals surface area contributed by atoms with Crippen LogP contribution in [0.3, 0.4) is 0 Å². The summed E-state index contributed by atoms with van der Waals surface area (Å²) in [5.74, 6) is 6.15. The van der Waals surface area contributed by atoms with Gasteiger partial charge < -0.3 is 15.2 Å². The maximum atomic E-state index is 11.8. The Morgan fingerprint density at radius 1 is 1.50 bits per heavy atom. The minimum Gasteiger partial charge on any atom is -0.395 e. The van der Waals surface area contributed by atoms with Gasteiger partial charge in [-0.1, -0.05) is 25.7 Å². The molecule has 1 rings (SSSR count). The van der Waals surface area contributed by atoms with E-state index in [4.69, 9.17) is 9.84 Å². The first-order chi connectivity index (χ1) is 9.63. The summed E-state index contributed by atoms with van der Waals surface area (Å²) < 4.78 is 5.39. The van der Waals surface area contributed by atoms with Gasteiger partial charge in [-0.05, 0) is 18.1 Å². The van der Waals surface area contributed by atoms with E-state index in [1.165, 1.54) is 11.3 Å². The molecular weight excluding hydrogens is 274 g/mol. The van der Waals surface area contributed by atoms with E-state index in [1.54, 1.807) is 6.07 Å². The van der Waals surface area contributed by atoms with Crippen molar-refractivity contribution >= 4 is 17.2 Å². The number of thiophene rings is 1. The zero-order valence-electron chi connectivity index (χ0n) is 11.9. The zero-order valence-corrected chi connectivity index (χ0v) is 12.8. The van der Waals surface area contributed by atoms with Crippen molar-refractivity contribution < 1.29 is 14.6 Å². The molecule has 0 spiro atoms. The Labute approximate surface area is 124 Å². The van der Waals surface area contributed by atoms with Crippen LogP contribution in [-0.2, 0) is 4.74 Å². The number of carbonyl (C=O) groups excluding carboxylic acids is 1. The molecule has 5 heteroatoms. The molecular formula is C15H21NO3S. The van der Waals surface area contributed by atoms with Crippen LogP contribution in [0.15, 0.2) is 12.1 Å². The van der Waals surface area contributed by atoms with Crippen molar-refractivity contribution in [1.29, 1.82) is 0 Å². The number of aliphatic hydroxyl groups excluding tert-OH is 1. The third-order valence-electron chi connectivity index (χ3n) is 2.26. The topological polar surface area (TPSA) is 58.6 Å². The van der Waals surface area contributed by atoms with E-state index >= 15 is 0 Å². The Kier molecular flexibility index (Phi) is 7.97. The zero-order chi connectivity index (χ0) is 14.8. The van der Waals surface area contributed by atoms with Crippen LogP contribution in [0.5, 0.6) is 0 Å². The predicted octanol–water partition coefficient (Wildman–Crippen LogP) is 1.88. The molecule has 0 saturated heterocycles. The molecule has 1 aromatic heterocycles. The molecule has 1 aromatic rings. The first kappa shape index (κ1) is 16.7. The minimum atomic E-state index is -0.0987. The number of carbonyl (C=O) groups is 1. The van der Waals surface area contributed by atoms with E-state index in [0.717, 1.165) is 4.88 Å². The van der Waals surface area contributed by atoms with Crippen LogP contribution in [0.2, 0.25) is 0 Å². The first-order valence-corrected chi connectivity index (χ1v) is 7.50. The van der Waals surface area contributed by atoms with Gasteiger partial charge in [0.1, 0.15) is 0 Å². The van der Waals surface area contributed by atoms with Crippen molar-refractivity contribution in [3.63, 3.8) is 0 Å². The fourth-order valence-electron chi connectivity index (χ4n) is 1.38. The van der Waals surface area contributed by atoms with Crippen molar-refractivity contribution in [2.45, 2.75) is 20.3 Å². The van der Waals surface area contributed by atoms with Gasteiger partial charge >= 0.3 is 0 Å². The van der Waals surface area contributed by atoms with E-state index in [-0.39, 0.29) is 12.5 Å². The summed E-state index contributed by atoms with van der Waals surface area (Å²) >= 11 is 1.35. The van der Waals surface area contributed by atoms with E-state index < -0.39 is 0 Å². The highest BCUT2D eigenvalue weighted by Gasteiger charge is 2.07. The lowest BCUT2D eigenvalue weighted by molar-refractivity contribution is 0.0889. The first-order valence-electron chi connectivity index (χ1n) is 6.69. The van der Waals surface area contributed by atoms with Crippen LogP contribution < -0.4 is 5.32 Å². The summed E-state index contributed by atoms with van der Waals surface area (Å²) in [7, 11) is 0. The average molecular weight is 295 g/mol. The predicted molar refractivity (Wildman–Crippen MR) is 80.9 cm³/mol. The second-order valence-electron chi connectivity index (χ2n) is 4.66. The van der Waals surface area contributed by atoms with Crippen LogP contribution in [0, 0.1) is 17.8 Å². The molecule has 0 aliphatic carbocycles. The van der Waals surface area contributed by atoms with Crippen molar-refractivity contribution in [2.24, 2.45) is 5.92 Å².